The second-order valence-corrected chi connectivity index (χ2v) is 1.93. The van der Waals surface area contributed by atoms with Crippen molar-refractivity contribution in [2.24, 2.45) is 0 Å². The number of urea groups is 1. The van der Waals surface area contributed by atoms with E-state index in [9.17, 15) is 4.79 Å². The van der Waals surface area contributed by atoms with E-state index in [0.29, 0.717) is 0 Å². The fraction of sp³-hybridized carbons (Fsp3) is 0.833. The van der Waals surface area contributed by atoms with E-state index in [1.54, 1.807) is 11.9 Å². The van der Waals surface area contributed by atoms with Crippen LogP contribution in [-0.4, -0.2) is 31.6 Å². The molecule has 2 amide bonds. The van der Waals surface area contributed by atoms with Crippen LogP contribution in [0.3, 0.4) is 0 Å². The van der Waals surface area contributed by atoms with Gasteiger partial charge in [0.05, 0.1) is 0 Å². The number of amides is 2. The summed E-state index contributed by atoms with van der Waals surface area (Å²) in [5, 5.41) is 3.49. The van der Waals surface area contributed by atoms with Crippen LogP contribution in [0.5, 0.6) is 0 Å². The molecule has 0 spiro atoms. The van der Waals surface area contributed by atoms with Crippen LogP contribution in [0.4, 0.5) is 4.79 Å². The van der Waals surface area contributed by atoms with Crippen molar-refractivity contribution >= 4 is 6.03 Å². The summed E-state index contributed by atoms with van der Waals surface area (Å²) in [6, 6.07) is -0.142. The highest BCUT2D eigenvalue weighted by atomic mass is 16.2. The highest BCUT2D eigenvalue weighted by Crippen LogP contribution is 1.85. The van der Waals surface area contributed by atoms with Crippen molar-refractivity contribution < 1.29 is 4.79 Å². The Morgan fingerprint density at radius 2 is 2.22 bits per heavy atom. The van der Waals surface area contributed by atoms with Gasteiger partial charge in [0.1, 0.15) is 0 Å². The summed E-state index contributed by atoms with van der Waals surface area (Å²) in [6.07, 6.45) is 0.984. The number of carbonyl (C=O) groups excluding carboxylic acids is 1. The quantitative estimate of drug-likeness (QED) is 0.540. The monoisotopic (exact) mass is 129 g/mol. The van der Waals surface area contributed by atoms with E-state index in [4.69, 9.17) is 0 Å². The van der Waals surface area contributed by atoms with Crippen LogP contribution in [0.2, 0.25) is 0 Å². The molecule has 0 heterocycles. The predicted molar refractivity (Wildman–Crippen MR) is 36.4 cm³/mol. The molecule has 0 N–H and O–H groups in total. The lowest BCUT2D eigenvalue weighted by atomic mass is 10.4. The molecule has 53 valence electrons. The predicted octanol–water partition coefficient (Wildman–Crippen LogP) is 0.682. The van der Waals surface area contributed by atoms with Crippen molar-refractivity contribution in [3.63, 3.8) is 0 Å². The van der Waals surface area contributed by atoms with Gasteiger partial charge in [0.25, 0.3) is 0 Å². The molecule has 9 heavy (non-hydrogen) atoms. The molecule has 0 saturated heterocycles. The third kappa shape index (κ3) is 2.95. The minimum atomic E-state index is -0.142. The highest BCUT2D eigenvalue weighted by molar-refractivity contribution is 5.73. The number of rotatable bonds is 2. The topological polar surface area (TPSA) is 34.4 Å². The first kappa shape index (κ1) is 8.27. The zero-order chi connectivity index (χ0) is 7.28. The molecule has 0 aliphatic carbocycles. The van der Waals surface area contributed by atoms with Crippen molar-refractivity contribution in [3.05, 3.63) is 0 Å². The van der Waals surface area contributed by atoms with E-state index >= 15 is 0 Å². The first-order chi connectivity index (χ1) is 4.22. The van der Waals surface area contributed by atoms with E-state index in [-0.39, 0.29) is 6.03 Å². The number of hydrogen-bond donors (Lipinski definition) is 0. The van der Waals surface area contributed by atoms with Crippen LogP contribution >= 0.6 is 0 Å². The summed E-state index contributed by atoms with van der Waals surface area (Å²) in [7, 11) is 3.26. The fourth-order valence-electron chi connectivity index (χ4n) is 0.602. The Kier molecular flexibility index (Phi) is 3.84. The molecule has 0 bridgehead atoms. The molecule has 3 heteroatoms. The molecule has 0 rings (SSSR count). The van der Waals surface area contributed by atoms with E-state index < -0.39 is 0 Å². The van der Waals surface area contributed by atoms with Gasteiger partial charge in [-0.1, -0.05) is 6.92 Å². The van der Waals surface area contributed by atoms with Gasteiger partial charge in [0.2, 0.25) is 0 Å². The summed E-state index contributed by atoms with van der Waals surface area (Å²) in [6.45, 7) is 2.82. The van der Waals surface area contributed by atoms with E-state index in [1.165, 1.54) is 7.05 Å². The maximum absolute atomic E-state index is 10.7. The average molecular weight is 129 g/mol. The second kappa shape index (κ2) is 4.18. The van der Waals surface area contributed by atoms with Crippen molar-refractivity contribution in [2.45, 2.75) is 13.3 Å². The Labute approximate surface area is 56.0 Å². The van der Waals surface area contributed by atoms with E-state index in [0.717, 1.165) is 13.0 Å². The van der Waals surface area contributed by atoms with Gasteiger partial charge in [0, 0.05) is 20.6 Å². The molecule has 0 aliphatic rings. The zero-order valence-corrected chi connectivity index (χ0v) is 6.22. The van der Waals surface area contributed by atoms with E-state index in [2.05, 4.69) is 5.32 Å². The molecular formula is C6H13N2O. The highest BCUT2D eigenvalue weighted by Gasteiger charge is 2.03. The summed E-state index contributed by atoms with van der Waals surface area (Å²) in [4.78, 5) is 12.3. The Balaban J connectivity index is 3.45. The van der Waals surface area contributed by atoms with Crippen LogP contribution in [0.25, 0.3) is 0 Å². The smallest absolute Gasteiger partial charge is 0.326 e. The lowest BCUT2D eigenvalue weighted by Gasteiger charge is -2.12. The minimum absolute atomic E-state index is 0.142. The molecule has 0 unspecified atom stereocenters. The Hall–Kier alpha value is -0.730. The maximum Gasteiger partial charge on any atom is 0.338 e. The molecule has 0 saturated carbocycles. The standard InChI is InChI=1S/C6H13N2O/c1-4-5-8(3)6(9)7-2/h4-5H2,1-3H3. The van der Waals surface area contributed by atoms with Gasteiger partial charge in [0.15, 0.2) is 0 Å². The fourth-order valence-corrected chi connectivity index (χ4v) is 0.602. The van der Waals surface area contributed by atoms with Crippen LogP contribution in [0.1, 0.15) is 13.3 Å². The SMILES string of the molecule is CCCN(C)C(=O)[N]C. The largest absolute Gasteiger partial charge is 0.338 e. The van der Waals surface area contributed by atoms with Gasteiger partial charge in [-0.3, -0.25) is 0 Å². The van der Waals surface area contributed by atoms with Gasteiger partial charge in [-0.2, -0.15) is 0 Å². The molecule has 0 aromatic heterocycles. The normalized spacial score (nSPS) is 8.78. The minimum Gasteiger partial charge on any atom is -0.326 e. The molecule has 0 aromatic carbocycles. The first-order valence-corrected chi connectivity index (χ1v) is 3.07. The van der Waals surface area contributed by atoms with Gasteiger partial charge in [-0.15, -0.1) is 0 Å². The molecule has 3 nitrogen and oxygen atoms in total. The lowest BCUT2D eigenvalue weighted by molar-refractivity contribution is 0.210. The van der Waals surface area contributed by atoms with Gasteiger partial charge >= 0.3 is 6.03 Å². The van der Waals surface area contributed by atoms with Crippen molar-refractivity contribution in [1.82, 2.24) is 10.2 Å². The lowest BCUT2D eigenvalue weighted by Crippen LogP contribution is -2.31. The molecular weight excluding hydrogens is 116 g/mol. The molecule has 0 aliphatic heterocycles. The van der Waals surface area contributed by atoms with Gasteiger partial charge in [-0.25, -0.2) is 10.1 Å². The van der Waals surface area contributed by atoms with Crippen molar-refractivity contribution in [3.8, 4) is 0 Å². The Morgan fingerprint density at radius 3 is 2.56 bits per heavy atom. The third-order valence-corrected chi connectivity index (χ3v) is 1.08. The molecule has 0 aromatic rings. The van der Waals surface area contributed by atoms with Crippen LogP contribution in [0, 0.1) is 0 Å². The van der Waals surface area contributed by atoms with Crippen LogP contribution in [-0.2, 0) is 0 Å². The summed E-state index contributed by atoms with van der Waals surface area (Å²) in [5.41, 5.74) is 0. The van der Waals surface area contributed by atoms with Crippen LogP contribution in [0.15, 0.2) is 0 Å². The van der Waals surface area contributed by atoms with Crippen LogP contribution < -0.4 is 5.32 Å². The number of hydrogen-bond acceptors (Lipinski definition) is 1. The summed E-state index contributed by atoms with van der Waals surface area (Å²) >= 11 is 0. The van der Waals surface area contributed by atoms with Gasteiger partial charge < -0.3 is 4.90 Å². The summed E-state index contributed by atoms with van der Waals surface area (Å²) in [5.74, 6) is 0. The number of carbonyl (C=O) groups is 1. The average Bonchev–Trinajstić information content (AvgIpc) is 1.87. The molecule has 0 fully saturated rings. The number of nitrogens with zero attached hydrogens (tertiary/aromatic N) is 2. The first-order valence-electron chi connectivity index (χ1n) is 3.07. The zero-order valence-electron chi connectivity index (χ0n) is 6.22. The van der Waals surface area contributed by atoms with Gasteiger partial charge in [-0.05, 0) is 6.42 Å². The maximum atomic E-state index is 10.7. The Bertz CT molecular complexity index is 93.1. The Morgan fingerprint density at radius 1 is 1.67 bits per heavy atom. The second-order valence-electron chi connectivity index (χ2n) is 1.93. The van der Waals surface area contributed by atoms with E-state index in [1.807, 2.05) is 6.92 Å². The van der Waals surface area contributed by atoms with Crippen molar-refractivity contribution in [1.29, 1.82) is 0 Å². The summed E-state index contributed by atoms with van der Waals surface area (Å²) < 4.78 is 0. The third-order valence-electron chi connectivity index (χ3n) is 1.08. The molecule has 1 radical (unpaired) electrons. The molecule has 0 atom stereocenters. The van der Waals surface area contributed by atoms with Crippen molar-refractivity contribution in [2.75, 3.05) is 20.6 Å².